The van der Waals surface area contributed by atoms with Crippen molar-refractivity contribution in [1.82, 2.24) is 4.90 Å². The summed E-state index contributed by atoms with van der Waals surface area (Å²) < 4.78 is 10.1. The van der Waals surface area contributed by atoms with E-state index in [4.69, 9.17) is 9.15 Å². The molecule has 0 unspecified atom stereocenters. The summed E-state index contributed by atoms with van der Waals surface area (Å²) in [4.78, 5) is 25.6. The molecule has 0 fully saturated rings. The lowest BCUT2D eigenvalue weighted by molar-refractivity contribution is -0.143. The van der Waals surface area contributed by atoms with Crippen LogP contribution in [0, 0.1) is 0 Å². The molecule has 5 nitrogen and oxygen atoms in total. The third-order valence-corrected chi connectivity index (χ3v) is 3.13. The second kappa shape index (κ2) is 8.02. The van der Waals surface area contributed by atoms with Gasteiger partial charge in [-0.3, -0.25) is 9.59 Å². The lowest BCUT2D eigenvalue weighted by Gasteiger charge is -2.21. The first kappa shape index (κ1) is 15.8. The second-order valence-electron chi connectivity index (χ2n) is 4.74. The minimum Gasteiger partial charge on any atom is -0.466 e. The number of furan rings is 1. The van der Waals surface area contributed by atoms with Gasteiger partial charge in [-0.25, -0.2) is 0 Å². The Morgan fingerprint density at radius 1 is 1.14 bits per heavy atom. The molecule has 0 N–H and O–H groups in total. The number of carbonyl (C=O) groups excluding carboxylic acids is 2. The van der Waals surface area contributed by atoms with E-state index in [0.29, 0.717) is 13.2 Å². The van der Waals surface area contributed by atoms with Gasteiger partial charge >= 0.3 is 5.97 Å². The molecule has 22 heavy (non-hydrogen) atoms. The SMILES string of the molecule is CCOC(=O)CCN(Cc1ccccc1)C(=O)c1ccco1. The summed E-state index contributed by atoms with van der Waals surface area (Å²) in [5, 5.41) is 0. The van der Waals surface area contributed by atoms with Gasteiger partial charge in [0.05, 0.1) is 19.3 Å². The van der Waals surface area contributed by atoms with Crippen LogP contribution >= 0.6 is 0 Å². The van der Waals surface area contributed by atoms with E-state index in [1.54, 1.807) is 24.0 Å². The minimum atomic E-state index is -0.312. The monoisotopic (exact) mass is 301 g/mol. The number of nitrogens with zero attached hydrogens (tertiary/aromatic N) is 1. The quantitative estimate of drug-likeness (QED) is 0.738. The maximum absolute atomic E-state index is 12.5. The van der Waals surface area contributed by atoms with Crippen LogP contribution < -0.4 is 0 Å². The number of amides is 1. The fourth-order valence-electron chi connectivity index (χ4n) is 2.07. The highest BCUT2D eigenvalue weighted by atomic mass is 16.5. The predicted molar refractivity (Wildman–Crippen MR) is 81.1 cm³/mol. The van der Waals surface area contributed by atoms with Crippen molar-refractivity contribution in [2.45, 2.75) is 19.9 Å². The van der Waals surface area contributed by atoms with Crippen molar-refractivity contribution >= 4 is 11.9 Å². The van der Waals surface area contributed by atoms with Crippen molar-refractivity contribution in [3.05, 3.63) is 60.1 Å². The molecular weight excluding hydrogens is 282 g/mol. The Morgan fingerprint density at radius 2 is 1.91 bits per heavy atom. The zero-order chi connectivity index (χ0) is 15.8. The van der Waals surface area contributed by atoms with Crippen molar-refractivity contribution in [2.75, 3.05) is 13.2 Å². The summed E-state index contributed by atoms with van der Waals surface area (Å²) >= 11 is 0. The lowest BCUT2D eigenvalue weighted by Crippen LogP contribution is -2.32. The highest BCUT2D eigenvalue weighted by molar-refractivity contribution is 5.91. The largest absolute Gasteiger partial charge is 0.466 e. The van der Waals surface area contributed by atoms with Crippen LogP contribution in [0.3, 0.4) is 0 Å². The summed E-state index contributed by atoms with van der Waals surface area (Å²) in [6, 6.07) is 12.9. The highest BCUT2D eigenvalue weighted by Crippen LogP contribution is 2.11. The van der Waals surface area contributed by atoms with E-state index in [0.717, 1.165) is 5.56 Å². The van der Waals surface area contributed by atoms with Gasteiger partial charge in [-0.15, -0.1) is 0 Å². The van der Waals surface area contributed by atoms with Crippen molar-refractivity contribution in [2.24, 2.45) is 0 Å². The van der Waals surface area contributed by atoms with Gasteiger partial charge in [0, 0.05) is 13.1 Å². The first-order chi connectivity index (χ1) is 10.7. The number of carbonyl (C=O) groups is 2. The van der Waals surface area contributed by atoms with Crippen LogP contribution in [-0.2, 0) is 16.1 Å². The molecule has 0 aliphatic carbocycles. The molecule has 1 heterocycles. The molecule has 0 spiro atoms. The van der Waals surface area contributed by atoms with Crippen LogP contribution in [0.5, 0.6) is 0 Å². The summed E-state index contributed by atoms with van der Waals surface area (Å²) in [6.45, 7) is 2.80. The molecule has 0 aliphatic heterocycles. The van der Waals surface area contributed by atoms with E-state index in [1.165, 1.54) is 6.26 Å². The zero-order valence-electron chi connectivity index (χ0n) is 12.5. The number of hydrogen-bond donors (Lipinski definition) is 0. The Bertz CT molecular complexity index is 592. The van der Waals surface area contributed by atoms with Crippen LogP contribution in [-0.4, -0.2) is 29.9 Å². The Labute approximate surface area is 129 Å². The third-order valence-electron chi connectivity index (χ3n) is 3.13. The minimum absolute atomic E-state index is 0.160. The second-order valence-corrected chi connectivity index (χ2v) is 4.74. The molecule has 1 aromatic heterocycles. The van der Waals surface area contributed by atoms with Crippen molar-refractivity contribution < 1.29 is 18.7 Å². The Balaban J connectivity index is 2.06. The number of hydrogen-bond acceptors (Lipinski definition) is 4. The van der Waals surface area contributed by atoms with E-state index in [9.17, 15) is 9.59 Å². The zero-order valence-corrected chi connectivity index (χ0v) is 12.5. The van der Waals surface area contributed by atoms with Crippen LogP contribution in [0.1, 0.15) is 29.5 Å². The van der Waals surface area contributed by atoms with Crippen molar-refractivity contribution in [1.29, 1.82) is 0 Å². The molecule has 1 amide bonds. The van der Waals surface area contributed by atoms with Gasteiger partial charge in [-0.2, -0.15) is 0 Å². The lowest BCUT2D eigenvalue weighted by atomic mass is 10.2. The molecule has 5 heteroatoms. The van der Waals surface area contributed by atoms with Crippen LogP contribution in [0.2, 0.25) is 0 Å². The van der Waals surface area contributed by atoms with Crippen LogP contribution in [0.4, 0.5) is 0 Å². The first-order valence-corrected chi connectivity index (χ1v) is 7.23. The normalized spacial score (nSPS) is 10.2. The molecular formula is C17H19NO4. The average Bonchev–Trinajstić information content (AvgIpc) is 3.06. The van der Waals surface area contributed by atoms with Gasteiger partial charge < -0.3 is 14.1 Å². The van der Waals surface area contributed by atoms with E-state index in [2.05, 4.69) is 0 Å². The predicted octanol–water partition coefficient (Wildman–Crippen LogP) is 2.88. The Hall–Kier alpha value is -2.56. The maximum Gasteiger partial charge on any atom is 0.307 e. The maximum atomic E-state index is 12.5. The fraction of sp³-hybridized carbons (Fsp3) is 0.294. The molecule has 0 radical (unpaired) electrons. The van der Waals surface area contributed by atoms with Gasteiger partial charge in [-0.1, -0.05) is 30.3 Å². The van der Waals surface area contributed by atoms with Crippen molar-refractivity contribution in [3.63, 3.8) is 0 Å². The van der Waals surface area contributed by atoms with Gasteiger partial charge in [-0.05, 0) is 24.6 Å². The topological polar surface area (TPSA) is 59.8 Å². The Kier molecular flexibility index (Phi) is 5.77. The number of benzene rings is 1. The van der Waals surface area contributed by atoms with Crippen molar-refractivity contribution in [3.8, 4) is 0 Å². The smallest absolute Gasteiger partial charge is 0.307 e. The van der Waals surface area contributed by atoms with E-state index in [1.807, 2.05) is 30.3 Å². The summed E-state index contributed by atoms with van der Waals surface area (Å²) in [6.07, 6.45) is 1.62. The molecule has 2 aromatic rings. The number of rotatable bonds is 7. The Morgan fingerprint density at radius 3 is 2.55 bits per heavy atom. The molecule has 116 valence electrons. The third kappa shape index (κ3) is 4.48. The molecule has 2 rings (SSSR count). The molecule has 0 atom stereocenters. The molecule has 0 saturated heterocycles. The van der Waals surface area contributed by atoms with E-state index in [-0.39, 0.29) is 30.6 Å². The summed E-state index contributed by atoms with van der Waals surface area (Å²) in [7, 11) is 0. The van der Waals surface area contributed by atoms with Crippen LogP contribution in [0.25, 0.3) is 0 Å². The first-order valence-electron chi connectivity index (χ1n) is 7.23. The molecule has 0 bridgehead atoms. The number of ether oxygens (including phenoxy) is 1. The van der Waals surface area contributed by atoms with Gasteiger partial charge in [0.15, 0.2) is 5.76 Å². The molecule has 0 aliphatic rings. The fourth-order valence-corrected chi connectivity index (χ4v) is 2.07. The van der Waals surface area contributed by atoms with Crippen LogP contribution in [0.15, 0.2) is 53.1 Å². The highest BCUT2D eigenvalue weighted by Gasteiger charge is 2.19. The average molecular weight is 301 g/mol. The van der Waals surface area contributed by atoms with Gasteiger partial charge in [0.2, 0.25) is 0 Å². The molecule has 1 aromatic carbocycles. The summed E-state index contributed by atoms with van der Waals surface area (Å²) in [5.74, 6) is -0.286. The standard InChI is InChI=1S/C17H19NO4/c1-2-21-16(19)10-11-18(13-14-7-4-3-5-8-14)17(20)15-9-6-12-22-15/h3-9,12H,2,10-11,13H2,1H3. The summed E-state index contributed by atoms with van der Waals surface area (Å²) in [5.41, 5.74) is 0.992. The van der Waals surface area contributed by atoms with E-state index < -0.39 is 0 Å². The number of esters is 1. The van der Waals surface area contributed by atoms with Gasteiger partial charge in [0.25, 0.3) is 5.91 Å². The molecule has 0 saturated carbocycles. The van der Waals surface area contributed by atoms with Gasteiger partial charge in [0.1, 0.15) is 0 Å². The van der Waals surface area contributed by atoms with E-state index >= 15 is 0 Å².